The molecule has 0 radical (unpaired) electrons. The first-order chi connectivity index (χ1) is 9.65. The number of unbranched alkanes of at least 4 members (excludes halogenated alkanes) is 7. The summed E-state index contributed by atoms with van der Waals surface area (Å²) in [7, 11) is 0. The van der Waals surface area contributed by atoms with E-state index in [-0.39, 0.29) is 0 Å². The molecule has 0 aliphatic rings. The number of rotatable bonds is 10. The fourth-order valence-corrected chi connectivity index (χ4v) is 3.35. The number of nitrogens with one attached hydrogen (secondary N) is 1. The number of hydrogen-bond acceptors (Lipinski definition) is 1. The molecule has 1 aromatic rings. The van der Waals surface area contributed by atoms with Gasteiger partial charge in [-0.25, -0.2) is 0 Å². The maximum absolute atomic E-state index is 3.60. The van der Waals surface area contributed by atoms with Crippen LogP contribution in [0.1, 0.15) is 69.4 Å². The Hall–Kier alpha value is -0.500. The van der Waals surface area contributed by atoms with Crippen LogP contribution in [0.25, 0.3) is 0 Å². The highest BCUT2D eigenvalue weighted by Crippen LogP contribution is 2.25. The lowest BCUT2D eigenvalue weighted by molar-refractivity contribution is 0.581. The van der Waals surface area contributed by atoms with Gasteiger partial charge in [0, 0.05) is 16.7 Å². The topological polar surface area (TPSA) is 12.0 Å². The molecule has 0 unspecified atom stereocenters. The van der Waals surface area contributed by atoms with Crippen molar-refractivity contribution >= 4 is 21.6 Å². The number of benzene rings is 1. The first-order valence-corrected chi connectivity index (χ1v) is 8.95. The van der Waals surface area contributed by atoms with Crippen LogP contribution in [0.3, 0.4) is 0 Å². The Labute approximate surface area is 133 Å². The minimum absolute atomic E-state index is 1.10. The van der Waals surface area contributed by atoms with Gasteiger partial charge in [0.1, 0.15) is 0 Å². The largest absolute Gasteiger partial charge is 0.385 e. The zero-order valence-electron chi connectivity index (χ0n) is 13.4. The molecule has 2 heteroatoms. The molecule has 0 amide bonds. The summed E-state index contributed by atoms with van der Waals surface area (Å²) in [5.74, 6) is 0. The van der Waals surface area contributed by atoms with Crippen molar-refractivity contribution in [2.75, 3.05) is 11.9 Å². The first kappa shape index (κ1) is 17.6. The van der Waals surface area contributed by atoms with Gasteiger partial charge in [-0.3, -0.25) is 0 Å². The van der Waals surface area contributed by atoms with E-state index in [9.17, 15) is 0 Å². The molecule has 20 heavy (non-hydrogen) atoms. The molecule has 0 fully saturated rings. The minimum Gasteiger partial charge on any atom is -0.385 e. The normalized spacial score (nSPS) is 10.8. The van der Waals surface area contributed by atoms with Gasteiger partial charge >= 0.3 is 0 Å². The summed E-state index contributed by atoms with van der Waals surface area (Å²) < 4.78 is 1.17. The van der Waals surface area contributed by atoms with E-state index in [1.165, 1.54) is 72.7 Å². The van der Waals surface area contributed by atoms with Crippen LogP contribution in [0.2, 0.25) is 0 Å². The van der Waals surface area contributed by atoms with Gasteiger partial charge in [-0.15, -0.1) is 0 Å². The van der Waals surface area contributed by atoms with Crippen LogP contribution < -0.4 is 5.32 Å². The summed E-state index contributed by atoms with van der Waals surface area (Å²) in [6, 6.07) is 4.37. The highest BCUT2D eigenvalue weighted by molar-refractivity contribution is 9.10. The average Bonchev–Trinajstić information content (AvgIpc) is 2.39. The monoisotopic (exact) mass is 339 g/mol. The van der Waals surface area contributed by atoms with Crippen LogP contribution in [-0.4, -0.2) is 6.54 Å². The Morgan fingerprint density at radius 2 is 1.35 bits per heavy atom. The lowest BCUT2D eigenvalue weighted by Crippen LogP contribution is -2.04. The quantitative estimate of drug-likeness (QED) is 0.472. The van der Waals surface area contributed by atoms with E-state index in [0.717, 1.165) is 6.54 Å². The first-order valence-electron chi connectivity index (χ1n) is 8.15. The maximum atomic E-state index is 3.60. The van der Waals surface area contributed by atoms with Crippen molar-refractivity contribution in [2.45, 2.75) is 72.1 Å². The molecule has 1 aromatic carbocycles. The van der Waals surface area contributed by atoms with Crippen molar-refractivity contribution in [1.82, 2.24) is 0 Å². The van der Waals surface area contributed by atoms with Crippen LogP contribution >= 0.6 is 15.9 Å². The highest BCUT2D eigenvalue weighted by atomic mass is 79.9. The van der Waals surface area contributed by atoms with Crippen LogP contribution in [-0.2, 0) is 0 Å². The summed E-state index contributed by atoms with van der Waals surface area (Å²) in [5, 5.41) is 3.60. The average molecular weight is 340 g/mol. The van der Waals surface area contributed by atoms with Crippen LogP contribution in [0.4, 0.5) is 5.69 Å². The molecule has 0 aromatic heterocycles. The molecule has 0 heterocycles. The third-order valence-electron chi connectivity index (χ3n) is 3.83. The third-order valence-corrected chi connectivity index (χ3v) is 4.29. The molecule has 0 aliphatic heterocycles. The molecule has 114 valence electrons. The van der Waals surface area contributed by atoms with Crippen LogP contribution in [0.15, 0.2) is 16.6 Å². The summed E-state index contributed by atoms with van der Waals surface area (Å²) in [6.45, 7) is 7.72. The fraction of sp³-hybridized carbons (Fsp3) is 0.667. The number of aryl methyl sites for hydroxylation is 2. The van der Waals surface area contributed by atoms with Crippen molar-refractivity contribution in [3.8, 4) is 0 Å². The molecule has 0 atom stereocenters. The summed E-state index contributed by atoms with van der Waals surface area (Å²) in [6.07, 6.45) is 11.0. The summed E-state index contributed by atoms with van der Waals surface area (Å²) in [5.41, 5.74) is 3.98. The van der Waals surface area contributed by atoms with Crippen molar-refractivity contribution < 1.29 is 0 Å². The van der Waals surface area contributed by atoms with Gasteiger partial charge in [0.25, 0.3) is 0 Å². The molecule has 0 saturated carbocycles. The molecule has 0 spiro atoms. The highest BCUT2D eigenvalue weighted by Gasteiger charge is 2.03. The van der Waals surface area contributed by atoms with Crippen LogP contribution in [0, 0.1) is 13.8 Å². The van der Waals surface area contributed by atoms with Gasteiger partial charge in [-0.05, 0) is 43.5 Å². The van der Waals surface area contributed by atoms with Crippen molar-refractivity contribution in [2.24, 2.45) is 0 Å². The van der Waals surface area contributed by atoms with E-state index in [1.54, 1.807) is 0 Å². The van der Waals surface area contributed by atoms with Gasteiger partial charge in [0.15, 0.2) is 0 Å². The Morgan fingerprint density at radius 3 is 1.90 bits per heavy atom. The van der Waals surface area contributed by atoms with E-state index in [2.05, 4.69) is 54.2 Å². The lowest BCUT2D eigenvalue weighted by Gasteiger charge is -2.13. The van der Waals surface area contributed by atoms with Gasteiger partial charge in [-0.1, -0.05) is 67.8 Å². The second-order valence-corrected chi connectivity index (χ2v) is 6.73. The van der Waals surface area contributed by atoms with E-state index in [0.29, 0.717) is 0 Å². The molecule has 1 N–H and O–H groups in total. The molecule has 0 aliphatic carbocycles. The van der Waals surface area contributed by atoms with Gasteiger partial charge in [0.2, 0.25) is 0 Å². The predicted octanol–water partition coefficient (Wildman–Crippen LogP) is 6.62. The Kier molecular flexibility index (Phi) is 9.00. The van der Waals surface area contributed by atoms with Gasteiger partial charge in [0.05, 0.1) is 0 Å². The SMILES string of the molecule is CCCCCCCCCCNc1c(C)cc(Br)cc1C. The summed E-state index contributed by atoms with van der Waals surface area (Å²) in [4.78, 5) is 0. The predicted molar refractivity (Wildman–Crippen MR) is 94.7 cm³/mol. The van der Waals surface area contributed by atoms with E-state index < -0.39 is 0 Å². The maximum Gasteiger partial charge on any atom is 0.0400 e. The fourth-order valence-electron chi connectivity index (χ4n) is 2.66. The van der Waals surface area contributed by atoms with Crippen molar-refractivity contribution in [1.29, 1.82) is 0 Å². The van der Waals surface area contributed by atoms with Crippen molar-refractivity contribution in [3.05, 3.63) is 27.7 Å². The van der Waals surface area contributed by atoms with E-state index >= 15 is 0 Å². The molecule has 0 saturated heterocycles. The van der Waals surface area contributed by atoms with E-state index in [1.807, 2.05) is 0 Å². The zero-order valence-corrected chi connectivity index (χ0v) is 15.0. The number of anilines is 1. The number of halogens is 1. The summed E-state index contributed by atoms with van der Waals surface area (Å²) >= 11 is 3.55. The van der Waals surface area contributed by atoms with Gasteiger partial charge < -0.3 is 5.32 Å². The molecule has 1 nitrogen and oxygen atoms in total. The zero-order chi connectivity index (χ0) is 14.8. The van der Waals surface area contributed by atoms with E-state index in [4.69, 9.17) is 0 Å². The Bertz CT molecular complexity index is 364. The second kappa shape index (κ2) is 10.3. The Balaban J connectivity index is 2.13. The third kappa shape index (κ3) is 6.78. The smallest absolute Gasteiger partial charge is 0.0400 e. The van der Waals surface area contributed by atoms with Gasteiger partial charge in [-0.2, -0.15) is 0 Å². The second-order valence-electron chi connectivity index (χ2n) is 5.82. The number of hydrogen-bond donors (Lipinski definition) is 1. The molecular weight excluding hydrogens is 310 g/mol. The van der Waals surface area contributed by atoms with Crippen LogP contribution in [0.5, 0.6) is 0 Å². The molecule has 0 bridgehead atoms. The lowest BCUT2D eigenvalue weighted by atomic mass is 10.1. The standard InChI is InChI=1S/C18H30BrN/c1-4-5-6-7-8-9-10-11-12-20-18-15(2)13-17(19)14-16(18)3/h13-14,20H,4-12H2,1-3H3. The molecule has 1 rings (SSSR count). The van der Waals surface area contributed by atoms with Crippen molar-refractivity contribution in [3.63, 3.8) is 0 Å². The Morgan fingerprint density at radius 1 is 0.850 bits per heavy atom. The molecular formula is C18H30BrN. The minimum atomic E-state index is 1.10.